The van der Waals surface area contributed by atoms with Crippen LogP contribution in [-0.4, -0.2) is 139 Å². The lowest BCUT2D eigenvalue weighted by Crippen LogP contribution is -2.60. The molecule has 0 spiro atoms. The van der Waals surface area contributed by atoms with Crippen LogP contribution in [0.1, 0.15) is 75.8 Å². The number of fused-ring (bicyclic) bond motifs is 1. The molecular formula is C54H75N17O9. The largest absolute Gasteiger partial charge is 0.370 e. The summed E-state index contributed by atoms with van der Waals surface area (Å²) in [6.45, 7) is 1.21. The lowest BCUT2D eigenvalue weighted by molar-refractivity contribution is -0.136. The summed E-state index contributed by atoms with van der Waals surface area (Å²) in [6.07, 6.45) is 1.09. The summed E-state index contributed by atoms with van der Waals surface area (Å²) < 4.78 is 0. The molecule has 1 fully saturated rings. The Morgan fingerprint density at radius 1 is 0.650 bits per heavy atom. The van der Waals surface area contributed by atoms with Crippen molar-refractivity contribution in [3.8, 4) is 11.1 Å². The summed E-state index contributed by atoms with van der Waals surface area (Å²) in [4.78, 5) is 136. The number of primary amides is 1. The van der Waals surface area contributed by atoms with Crippen LogP contribution in [0, 0.1) is 0 Å². The fourth-order valence-electron chi connectivity index (χ4n) is 8.95. The van der Waals surface area contributed by atoms with Crippen molar-refractivity contribution in [2.24, 2.45) is 44.4 Å². The number of aliphatic imine (C=N–C) groups is 2. The molecule has 21 N–H and O–H groups in total. The smallest absolute Gasteiger partial charge is 0.243 e. The molecule has 1 saturated heterocycles. The Kier molecular flexibility index (Phi) is 24.2. The molecule has 4 aromatic rings. The van der Waals surface area contributed by atoms with E-state index in [0.717, 1.165) is 22.0 Å². The predicted molar refractivity (Wildman–Crippen MR) is 301 cm³/mol. The van der Waals surface area contributed by atoms with Gasteiger partial charge in [-0.2, -0.15) is 0 Å². The summed E-state index contributed by atoms with van der Waals surface area (Å²) in [7, 11) is 0. The van der Waals surface area contributed by atoms with Gasteiger partial charge in [-0.05, 0) is 86.2 Å². The third-order valence-electron chi connectivity index (χ3n) is 13.1. The number of hydrogen-bond donors (Lipinski definition) is 15. The first-order chi connectivity index (χ1) is 38.3. The lowest BCUT2D eigenvalue weighted by Gasteiger charge is -2.28. The second kappa shape index (κ2) is 31.4. The molecule has 80 heavy (non-hydrogen) atoms. The molecule has 430 valence electrons. The van der Waals surface area contributed by atoms with E-state index < -0.39 is 95.5 Å². The number of rotatable bonds is 19. The van der Waals surface area contributed by atoms with E-state index in [-0.39, 0.29) is 109 Å². The van der Waals surface area contributed by atoms with E-state index in [0.29, 0.717) is 11.1 Å². The standard InChI is InChI=1S/C54H75N17O9/c1-31(72)65-39(15-8-26-62-53(57)58)47(75)68-41-21-22-45(73)61-25-7-14-38(46(56)74)66-52(80)44(29-35-30-64-37-13-6-5-12-36(35)37)71-48(76)40(16-9-27-63-54(59)60)67-51(79)43(70-50(78)42(23-24-55)69-49(41)77)28-32-17-19-34(20-18-32)33-10-3-2-4-11-33/h2-6,10-13,17-20,30,38-44,64H,7-9,14-16,21-29,55H2,1H3,(H2,56,74)(H,61,73)(H,65,72)(H,66,80)(H,67,79)(H,68,75)(H,69,77)(H,70,78)(H,71,76)(H4,57,58,62)(H4,59,60,63). The number of nitrogens with two attached hydrogens (primary N) is 6. The van der Waals surface area contributed by atoms with Gasteiger partial charge in [-0.1, -0.05) is 72.8 Å². The van der Waals surface area contributed by atoms with Gasteiger partial charge < -0.3 is 81.9 Å². The quantitative estimate of drug-likeness (QED) is 0.0266. The molecule has 0 radical (unpaired) electrons. The van der Waals surface area contributed by atoms with Gasteiger partial charge in [0, 0.05) is 62.9 Å². The molecule has 7 atom stereocenters. The maximum absolute atomic E-state index is 14.8. The van der Waals surface area contributed by atoms with Crippen molar-refractivity contribution in [3.05, 3.63) is 96.2 Å². The van der Waals surface area contributed by atoms with Gasteiger partial charge in [0.25, 0.3) is 0 Å². The summed E-state index contributed by atoms with van der Waals surface area (Å²) >= 11 is 0. The number of aromatic amines is 1. The molecule has 1 aromatic heterocycles. The Hall–Kier alpha value is -9.07. The maximum atomic E-state index is 14.8. The van der Waals surface area contributed by atoms with E-state index >= 15 is 0 Å². The van der Waals surface area contributed by atoms with Crippen LogP contribution >= 0.6 is 0 Å². The van der Waals surface area contributed by atoms with Crippen LogP contribution in [-0.2, 0) is 56.0 Å². The van der Waals surface area contributed by atoms with Crippen molar-refractivity contribution in [2.75, 3.05) is 26.2 Å². The SMILES string of the molecule is CC(=O)NC(CCCN=C(N)N)C(=O)NC1CCC(=O)NCCCC(C(N)=O)NC(=O)C(Cc2c[nH]c3ccccc23)NC(=O)C(CCCN=C(N)N)NC(=O)C(Cc2ccc(-c3ccccc3)cc2)NC(=O)C(CCN)NC1=O. The van der Waals surface area contributed by atoms with Crippen LogP contribution in [0.25, 0.3) is 22.0 Å². The number of carbonyl (C=O) groups is 9. The Morgan fingerprint density at radius 2 is 1.23 bits per heavy atom. The van der Waals surface area contributed by atoms with Crippen LogP contribution < -0.4 is 76.9 Å². The summed E-state index contributed by atoms with van der Waals surface area (Å²) in [5.41, 5.74) is 37.7. The van der Waals surface area contributed by atoms with Gasteiger partial charge in [0.2, 0.25) is 53.2 Å². The fraction of sp³-hybridized carbons (Fsp3) is 0.426. The molecule has 5 rings (SSSR count). The molecule has 9 amide bonds. The first-order valence-corrected chi connectivity index (χ1v) is 26.5. The monoisotopic (exact) mass is 1110 g/mol. The van der Waals surface area contributed by atoms with Crippen molar-refractivity contribution in [1.82, 2.24) is 47.5 Å². The number of nitrogens with zero attached hydrogens (tertiary/aromatic N) is 2. The summed E-state index contributed by atoms with van der Waals surface area (Å²) in [5.74, 6) is -7.40. The average molecular weight is 1110 g/mol. The number of H-pyrrole nitrogens is 1. The molecule has 0 aliphatic carbocycles. The van der Waals surface area contributed by atoms with Gasteiger partial charge >= 0.3 is 0 Å². The van der Waals surface area contributed by atoms with Crippen molar-refractivity contribution in [2.45, 2.75) is 120 Å². The lowest BCUT2D eigenvalue weighted by atomic mass is 9.99. The van der Waals surface area contributed by atoms with E-state index in [2.05, 4.69) is 57.5 Å². The number of nitrogens with one attached hydrogen (secondary N) is 9. The van der Waals surface area contributed by atoms with E-state index in [4.69, 9.17) is 34.4 Å². The third-order valence-corrected chi connectivity index (χ3v) is 13.1. The number of benzene rings is 3. The number of hydrogen-bond acceptors (Lipinski definition) is 12. The molecule has 2 heterocycles. The molecule has 1 aliphatic heterocycles. The summed E-state index contributed by atoms with van der Waals surface area (Å²) in [5, 5.41) is 22.2. The highest BCUT2D eigenvalue weighted by Gasteiger charge is 2.35. The second-order valence-corrected chi connectivity index (χ2v) is 19.4. The molecule has 3 aromatic carbocycles. The molecule has 1 aliphatic rings. The minimum absolute atomic E-state index is 0.0179. The molecule has 26 heteroatoms. The van der Waals surface area contributed by atoms with Crippen molar-refractivity contribution in [1.29, 1.82) is 0 Å². The Labute approximate surface area is 463 Å². The van der Waals surface area contributed by atoms with E-state index in [9.17, 15) is 43.2 Å². The van der Waals surface area contributed by atoms with Crippen LogP contribution in [0.2, 0.25) is 0 Å². The molecule has 0 saturated carbocycles. The van der Waals surface area contributed by atoms with Crippen LogP contribution in [0.5, 0.6) is 0 Å². The zero-order valence-corrected chi connectivity index (χ0v) is 44.8. The third kappa shape index (κ3) is 20.1. The molecular weight excluding hydrogens is 1030 g/mol. The van der Waals surface area contributed by atoms with Gasteiger partial charge in [-0.3, -0.25) is 53.1 Å². The van der Waals surface area contributed by atoms with Gasteiger partial charge in [0.15, 0.2) is 11.9 Å². The van der Waals surface area contributed by atoms with Crippen LogP contribution in [0.4, 0.5) is 0 Å². The highest BCUT2D eigenvalue weighted by Crippen LogP contribution is 2.22. The minimum atomic E-state index is -1.48. The van der Waals surface area contributed by atoms with Gasteiger partial charge in [-0.25, -0.2) is 0 Å². The van der Waals surface area contributed by atoms with Crippen molar-refractivity contribution in [3.63, 3.8) is 0 Å². The minimum Gasteiger partial charge on any atom is -0.370 e. The Balaban J connectivity index is 1.55. The fourth-order valence-corrected chi connectivity index (χ4v) is 8.95. The van der Waals surface area contributed by atoms with E-state index in [1.54, 1.807) is 18.3 Å². The van der Waals surface area contributed by atoms with Crippen molar-refractivity contribution >= 4 is 76.0 Å². The van der Waals surface area contributed by atoms with Gasteiger partial charge in [0.1, 0.15) is 42.3 Å². The average Bonchev–Trinajstić information content (AvgIpc) is 3.86. The predicted octanol–water partition coefficient (Wildman–Crippen LogP) is -2.33. The first kappa shape index (κ1) is 61.8. The molecule has 7 unspecified atom stereocenters. The summed E-state index contributed by atoms with van der Waals surface area (Å²) in [6, 6.07) is 14.5. The number of para-hydroxylation sites is 1. The maximum Gasteiger partial charge on any atom is 0.243 e. The topological polar surface area (TPSA) is 446 Å². The van der Waals surface area contributed by atoms with E-state index in [1.807, 2.05) is 66.7 Å². The second-order valence-electron chi connectivity index (χ2n) is 19.4. The zero-order valence-electron chi connectivity index (χ0n) is 44.8. The molecule has 0 bridgehead atoms. The number of carbonyl (C=O) groups excluding carboxylic acids is 9. The van der Waals surface area contributed by atoms with Crippen molar-refractivity contribution < 1.29 is 43.2 Å². The first-order valence-electron chi connectivity index (χ1n) is 26.5. The zero-order chi connectivity index (χ0) is 58.1. The van der Waals surface area contributed by atoms with Crippen LogP contribution in [0.3, 0.4) is 0 Å². The molecule has 26 nitrogen and oxygen atoms in total. The number of aromatic nitrogens is 1. The highest BCUT2D eigenvalue weighted by molar-refractivity contribution is 5.98. The van der Waals surface area contributed by atoms with Gasteiger partial charge in [-0.15, -0.1) is 0 Å². The van der Waals surface area contributed by atoms with Gasteiger partial charge in [0.05, 0.1) is 0 Å². The number of guanidine groups is 2. The van der Waals surface area contributed by atoms with E-state index in [1.165, 1.54) is 6.92 Å². The Bertz CT molecular complexity index is 2830. The Morgan fingerprint density at radius 3 is 1.88 bits per heavy atom. The highest BCUT2D eigenvalue weighted by atomic mass is 16.2. The number of amides is 9. The van der Waals surface area contributed by atoms with Crippen LogP contribution in [0.15, 0.2) is 95.0 Å². The normalized spacial score (nSPS) is 20.5.